The summed E-state index contributed by atoms with van der Waals surface area (Å²) in [6, 6.07) is 27.3. The SMILES string of the molecule is CCCOc1ccc(C2C(=C(O)c3ccc(OCc4cccc(C)c4)cc3)C(=O)C(=O)N2c2nnc(SCc3ccccc3F)s2)cc1. The van der Waals surface area contributed by atoms with Gasteiger partial charge in [-0.2, -0.15) is 0 Å². The van der Waals surface area contributed by atoms with Gasteiger partial charge in [0.25, 0.3) is 5.78 Å². The summed E-state index contributed by atoms with van der Waals surface area (Å²) in [5.74, 6) is -0.794. The zero-order chi connectivity index (χ0) is 33.6. The average Bonchev–Trinajstić information content (AvgIpc) is 3.67. The molecule has 0 radical (unpaired) electrons. The van der Waals surface area contributed by atoms with Crippen molar-refractivity contribution in [1.29, 1.82) is 0 Å². The minimum atomic E-state index is -0.986. The van der Waals surface area contributed by atoms with E-state index in [4.69, 9.17) is 9.47 Å². The number of benzene rings is 4. The standard InChI is InChI=1S/C37H32FN3O5S2/c1-3-19-45-28-15-11-25(12-16-28)32-31(33(42)26-13-17-29(18-14-26)46-21-24-8-6-7-23(2)20-24)34(43)35(44)41(32)36-39-40-37(48-36)47-22-27-9-4-5-10-30(27)38/h4-18,20,32,42H,3,19,21-22H2,1-2H3. The molecule has 2 heterocycles. The lowest BCUT2D eigenvalue weighted by atomic mass is 9.95. The highest BCUT2D eigenvalue weighted by Crippen LogP contribution is 2.44. The summed E-state index contributed by atoms with van der Waals surface area (Å²) in [6.45, 7) is 4.94. The Morgan fingerprint density at radius 1 is 0.938 bits per heavy atom. The summed E-state index contributed by atoms with van der Waals surface area (Å²) in [5.41, 5.74) is 3.52. The third-order valence-electron chi connectivity index (χ3n) is 7.64. The number of hydrogen-bond acceptors (Lipinski definition) is 9. The molecule has 48 heavy (non-hydrogen) atoms. The third-order valence-corrected chi connectivity index (χ3v) is 9.74. The van der Waals surface area contributed by atoms with Gasteiger partial charge in [0.05, 0.1) is 18.2 Å². The molecule has 0 aliphatic carbocycles. The maximum absolute atomic E-state index is 14.2. The lowest BCUT2D eigenvalue weighted by molar-refractivity contribution is -0.132. The van der Waals surface area contributed by atoms with Gasteiger partial charge < -0.3 is 14.6 Å². The number of nitrogens with zero attached hydrogens (tertiary/aromatic N) is 3. The second kappa shape index (κ2) is 14.8. The molecule has 1 N–H and O–H groups in total. The van der Waals surface area contributed by atoms with E-state index < -0.39 is 17.7 Å². The van der Waals surface area contributed by atoms with Crippen molar-refractivity contribution < 1.29 is 28.6 Å². The van der Waals surface area contributed by atoms with Crippen LogP contribution < -0.4 is 14.4 Å². The summed E-state index contributed by atoms with van der Waals surface area (Å²) in [7, 11) is 0. The Balaban J connectivity index is 1.31. The molecule has 0 spiro atoms. The fraction of sp³-hybridized carbons (Fsp3) is 0.189. The molecule has 244 valence electrons. The normalized spacial score (nSPS) is 15.6. The monoisotopic (exact) mass is 681 g/mol. The van der Waals surface area contributed by atoms with Crippen LogP contribution in [0, 0.1) is 12.7 Å². The first-order valence-electron chi connectivity index (χ1n) is 15.3. The number of carbonyl (C=O) groups excluding carboxylic acids is 2. The summed E-state index contributed by atoms with van der Waals surface area (Å²) in [4.78, 5) is 28.6. The number of carbonyl (C=O) groups is 2. The van der Waals surface area contributed by atoms with Crippen molar-refractivity contribution in [3.8, 4) is 11.5 Å². The largest absolute Gasteiger partial charge is 0.507 e. The molecule has 6 rings (SSSR count). The second-order valence-electron chi connectivity index (χ2n) is 11.1. The summed E-state index contributed by atoms with van der Waals surface area (Å²) in [5, 5.41) is 20.2. The second-order valence-corrected chi connectivity index (χ2v) is 13.3. The molecule has 11 heteroatoms. The van der Waals surface area contributed by atoms with E-state index in [9.17, 15) is 19.1 Å². The Hall–Kier alpha value is -5.00. The Labute approximate surface area is 285 Å². The fourth-order valence-electron chi connectivity index (χ4n) is 5.26. The van der Waals surface area contributed by atoms with Crippen LogP contribution in [0.5, 0.6) is 11.5 Å². The molecule has 1 fully saturated rings. The number of hydrogen-bond donors (Lipinski definition) is 1. The van der Waals surface area contributed by atoms with E-state index >= 15 is 0 Å². The molecule has 1 amide bonds. The van der Waals surface area contributed by atoms with Crippen molar-refractivity contribution in [2.75, 3.05) is 11.5 Å². The van der Waals surface area contributed by atoms with E-state index in [1.807, 2.05) is 38.1 Å². The Kier molecular flexibility index (Phi) is 10.2. The minimum Gasteiger partial charge on any atom is -0.507 e. The molecule has 5 aromatic rings. The lowest BCUT2D eigenvalue weighted by Gasteiger charge is -2.22. The van der Waals surface area contributed by atoms with Crippen LogP contribution in [0.1, 0.15) is 47.2 Å². The van der Waals surface area contributed by atoms with E-state index in [2.05, 4.69) is 10.2 Å². The van der Waals surface area contributed by atoms with Gasteiger partial charge in [-0.25, -0.2) is 4.39 Å². The van der Waals surface area contributed by atoms with E-state index in [1.54, 1.807) is 66.7 Å². The number of rotatable bonds is 12. The molecule has 4 aromatic carbocycles. The number of anilines is 1. The van der Waals surface area contributed by atoms with E-state index in [0.717, 1.165) is 28.9 Å². The Morgan fingerprint density at radius 3 is 2.40 bits per heavy atom. The number of ketones is 1. The number of halogens is 1. The minimum absolute atomic E-state index is 0.0774. The van der Waals surface area contributed by atoms with Crippen LogP contribution in [0.25, 0.3) is 5.76 Å². The van der Waals surface area contributed by atoms with Crippen molar-refractivity contribution in [3.63, 3.8) is 0 Å². The van der Waals surface area contributed by atoms with E-state index in [-0.39, 0.29) is 22.3 Å². The van der Waals surface area contributed by atoms with Crippen LogP contribution in [0.2, 0.25) is 0 Å². The van der Waals surface area contributed by atoms with Crippen LogP contribution >= 0.6 is 23.1 Å². The van der Waals surface area contributed by atoms with Gasteiger partial charge in [-0.05, 0) is 72.5 Å². The van der Waals surface area contributed by atoms with Gasteiger partial charge in [0.1, 0.15) is 29.7 Å². The number of aliphatic hydroxyl groups excluding tert-OH is 1. The zero-order valence-corrected chi connectivity index (χ0v) is 27.9. The van der Waals surface area contributed by atoms with Gasteiger partial charge >= 0.3 is 5.91 Å². The van der Waals surface area contributed by atoms with Crippen LogP contribution in [0.4, 0.5) is 9.52 Å². The van der Waals surface area contributed by atoms with Crippen molar-refractivity contribution in [2.24, 2.45) is 0 Å². The fourth-order valence-corrected chi connectivity index (χ4v) is 7.11. The van der Waals surface area contributed by atoms with Crippen LogP contribution in [-0.4, -0.2) is 33.6 Å². The number of aromatic nitrogens is 2. The number of aryl methyl sites for hydroxylation is 1. The van der Waals surface area contributed by atoms with Crippen LogP contribution in [-0.2, 0) is 21.9 Å². The first kappa shape index (κ1) is 32.9. The number of amides is 1. The van der Waals surface area contributed by atoms with Crippen molar-refractivity contribution >= 4 is 45.7 Å². The van der Waals surface area contributed by atoms with Gasteiger partial charge in [0, 0.05) is 11.3 Å². The topological polar surface area (TPSA) is 102 Å². The number of aliphatic hydroxyl groups is 1. The Bertz CT molecular complexity index is 1960. The highest BCUT2D eigenvalue weighted by molar-refractivity contribution is 8.00. The zero-order valence-electron chi connectivity index (χ0n) is 26.3. The van der Waals surface area contributed by atoms with Crippen molar-refractivity contribution in [3.05, 3.63) is 136 Å². The lowest BCUT2D eigenvalue weighted by Crippen LogP contribution is -2.29. The van der Waals surface area contributed by atoms with Crippen molar-refractivity contribution in [2.45, 2.75) is 43.0 Å². The molecule has 0 saturated carbocycles. The van der Waals surface area contributed by atoms with Gasteiger partial charge in [-0.1, -0.05) is 90.2 Å². The highest BCUT2D eigenvalue weighted by atomic mass is 32.2. The highest BCUT2D eigenvalue weighted by Gasteiger charge is 2.48. The number of Topliss-reactive ketones (excluding diaryl/α,β-unsaturated/α-hetero) is 1. The molecule has 0 bridgehead atoms. The van der Waals surface area contributed by atoms with Crippen LogP contribution in [0.15, 0.2) is 107 Å². The molecule has 1 saturated heterocycles. The molecule has 1 atom stereocenters. The van der Waals surface area contributed by atoms with Gasteiger partial charge in [-0.15, -0.1) is 10.2 Å². The number of thioether (sulfide) groups is 1. The first-order chi connectivity index (χ1) is 23.3. The predicted molar refractivity (Wildman–Crippen MR) is 185 cm³/mol. The summed E-state index contributed by atoms with van der Waals surface area (Å²) >= 11 is 2.39. The molecular weight excluding hydrogens is 650 g/mol. The maximum Gasteiger partial charge on any atom is 0.301 e. The van der Waals surface area contributed by atoms with E-state index in [1.165, 1.54) is 22.7 Å². The maximum atomic E-state index is 14.2. The van der Waals surface area contributed by atoms with E-state index in [0.29, 0.717) is 51.5 Å². The van der Waals surface area contributed by atoms with Gasteiger partial charge in [-0.3, -0.25) is 14.5 Å². The molecule has 8 nitrogen and oxygen atoms in total. The average molecular weight is 682 g/mol. The summed E-state index contributed by atoms with van der Waals surface area (Å²) < 4.78 is 26.4. The smallest absolute Gasteiger partial charge is 0.301 e. The number of ether oxygens (including phenoxy) is 2. The molecule has 1 unspecified atom stereocenters. The Morgan fingerprint density at radius 2 is 1.67 bits per heavy atom. The predicted octanol–water partition coefficient (Wildman–Crippen LogP) is 8.27. The molecule has 1 aliphatic rings. The third kappa shape index (κ3) is 7.27. The first-order valence-corrected chi connectivity index (χ1v) is 17.1. The van der Waals surface area contributed by atoms with Crippen molar-refractivity contribution in [1.82, 2.24) is 10.2 Å². The van der Waals surface area contributed by atoms with Crippen LogP contribution in [0.3, 0.4) is 0 Å². The van der Waals surface area contributed by atoms with Gasteiger partial charge in [0.15, 0.2) is 4.34 Å². The molecule has 1 aromatic heterocycles. The quantitative estimate of drug-likeness (QED) is 0.0462. The molecule has 1 aliphatic heterocycles. The van der Waals surface area contributed by atoms with Gasteiger partial charge in [0.2, 0.25) is 5.13 Å². The summed E-state index contributed by atoms with van der Waals surface area (Å²) in [6.07, 6.45) is 0.839. The molecular formula is C37H32FN3O5S2.